The minimum absolute atomic E-state index is 0.211. The Morgan fingerprint density at radius 2 is 2.14 bits per heavy atom. The third-order valence-corrected chi connectivity index (χ3v) is 4.50. The highest BCUT2D eigenvalue weighted by atomic mass is 35.5. The van der Waals surface area contributed by atoms with Crippen molar-refractivity contribution in [1.82, 2.24) is 20.3 Å². The standard InChI is InChI=1S/C19H18Cl2N4O3/c1-2-28-19(27)18-13(17-14(21)7-11(20)8-15(17)25-18)3-4-16(26)23-6-5-12-9-22-10-24-12/h3-4,7-10,25H,2,5-6H2,1H3,(H,22,24)(H,23,26)/b4-3+. The normalized spacial score (nSPS) is 11.2. The summed E-state index contributed by atoms with van der Waals surface area (Å²) in [5.41, 5.74) is 2.19. The second kappa shape index (κ2) is 8.95. The lowest BCUT2D eigenvalue weighted by Crippen LogP contribution is -2.23. The zero-order valence-corrected chi connectivity index (χ0v) is 16.5. The van der Waals surface area contributed by atoms with E-state index in [2.05, 4.69) is 20.3 Å². The average molecular weight is 421 g/mol. The first-order valence-corrected chi connectivity index (χ1v) is 9.36. The lowest BCUT2D eigenvalue weighted by atomic mass is 10.1. The summed E-state index contributed by atoms with van der Waals surface area (Å²) in [4.78, 5) is 34.3. The van der Waals surface area contributed by atoms with Crippen LogP contribution in [0, 0.1) is 0 Å². The van der Waals surface area contributed by atoms with Gasteiger partial charge in [-0.25, -0.2) is 9.78 Å². The van der Waals surface area contributed by atoms with Gasteiger partial charge in [0.05, 0.1) is 18.0 Å². The fourth-order valence-electron chi connectivity index (χ4n) is 2.76. The van der Waals surface area contributed by atoms with Gasteiger partial charge in [-0.15, -0.1) is 0 Å². The van der Waals surface area contributed by atoms with Crippen LogP contribution >= 0.6 is 23.2 Å². The molecule has 0 unspecified atom stereocenters. The molecule has 2 heterocycles. The Morgan fingerprint density at radius 1 is 1.32 bits per heavy atom. The second-order valence-electron chi connectivity index (χ2n) is 5.90. The maximum Gasteiger partial charge on any atom is 0.355 e. The van der Waals surface area contributed by atoms with E-state index in [0.29, 0.717) is 39.5 Å². The van der Waals surface area contributed by atoms with E-state index in [1.54, 1.807) is 31.6 Å². The molecule has 7 nitrogen and oxygen atoms in total. The molecule has 0 aliphatic carbocycles. The number of nitrogens with one attached hydrogen (secondary N) is 3. The molecular weight excluding hydrogens is 403 g/mol. The highest BCUT2D eigenvalue weighted by Crippen LogP contribution is 2.33. The van der Waals surface area contributed by atoms with Crippen LogP contribution in [-0.2, 0) is 16.0 Å². The molecule has 1 aromatic carbocycles. The van der Waals surface area contributed by atoms with Crippen molar-refractivity contribution in [2.45, 2.75) is 13.3 Å². The lowest BCUT2D eigenvalue weighted by molar-refractivity contribution is -0.116. The Kier molecular flexibility index (Phi) is 6.38. The number of benzene rings is 1. The number of H-pyrrole nitrogens is 2. The number of esters is 1. The van der Waals surface area contributed by atoms with E-state index in [1.807, 2.05) is 0 Å². The number of amides is 1. The Morgan fingerprint density at radius 3 is 2.86 bits per heavy atom. The molecule has 2 aromatic heterocycles. The first kappa shape index (κ1) is 20.0. The van der Waals surface area contributed by atoms with Crippen molar-refractivity contribution in [3.63, 3.8) is 0 Å². The fraction of sp³-hybridized carbons (Fsp3) is 0.211. The van der Waals surface area contributed by atoms with Crippen molar-refractivity contribution < 1.29 is 14.3 Å². The number of aromatic nitrogens is 3. The number of ether oxygens (including phenoxy) is 1. The van der Waals surface area contributed by atoms with Gasteiger partial charge in [0.1, 0.15) is 5.69 Å². The summed E-state index contributed by atoms with van der Waals surface area (Å²) >= 11 is 12.4. The fourth-order valence-corrected chi connectivity index (χ4v) is 3.36. The van der Waals surface area contributed by atoms with E-state index < -0.39 is 5.97 Å². The monoisotopic (exact) mass is 420 g/mol. The SMILES string of the molecule is CCOC(=O)c1[nH]c2cc(Cl)cc(Cl)c2c1/C=C/C(=O)NCCc1cnc[nH]1. The van der Waals surface area contributed by atoms with Gasteiger partial charge < -0.3 is 20.0 Å². The predicted molar refractivity (Wildman–Crippen MR) is 109 cm³/mol. The van der Waals surface area contributed by atoms with Crippen molar-refractivity contribution in [2.24, 2.45) is 0 Å². The molecule has 9 heteroatoms. The molecule has 0 fully saturated rings. The van der Waals surface area contributed by atoms with Gasteiger partial charge in [0.25, 0.3) is 0 Å². The average Bonchev–Trinajstić information content (AvgIpc) is 3.27. The van der Waals surface area contributed by atoms with E-state index in [4.69, 9.17) is 27.9 Å². The maximum atomic E-state index is 12.3. The van der Waals surface area contributed by atoms with Crippen LogP contribution in [-0.4, -0.2) is 40.0 Å². The molecular formula is C19H18Cl2N4O3. The van der Waals surface area contributed by atoms with Crippen molar-refractivity contribution in [2.75, 3.05) is 13.2 Å². The number of aromatic amines is 2. The van der Waals surface area contributed by atoms with Crippen molar-refractivity contribution in [1.29, 1.82) is 0 Å². The van der Waals surface area contributed by atoms with Gasteiger partial charge >= 0.3 is 5.97 Å². The number of fused-ring (bicyclic) bond motifs is 1. The Labute approximate surface area is 171 Å². The number of carbonyl (C=O) groups excluding carboxylic acids is 2. The summed E-state index contributed by atoms with van der Waals surface area (Å²) in [6.07, 6.45) is 6.80. The van der Waals surface area contributed by atoms with Gasteiger partial charge in [-0.05, 0) is 25.1 Å². The van der Waals surface area contributed by atoms with Gasteiger partial charge in [-0.1, -0.05) is 23.2 Å². The number of hydrogen-bond acceptors (Lipinski definition) is 4. The molecule has 0 saturated carbocycles. The molecule has 3 N–H and O–H groups in total. The molecule has 0 saturated heterocycles. The second-order valence-corrected chi connectivity index (χ2v) is 6.74. The number of carbonyl (C=O) groups is 2. The summed E-state index contributed by atoms with van der Waals surface area (Å²) in [5, 5.41) is 4.17. The number of rotatable bonds is 7. The largest absolute Gasteiger partial charge is 0.461 e. The number of imidazole rings is 1. The van der Waals surface area contributed by atoms with E-state index in [0.717, 1.165) is 5.69 Å². The molecule has 28 heavy (non-hydrogen) atoms. The zero-order valence-electron chi connectivity index (χ0n) is 15.0. The third kappa shape index (κ3) is 4.55. The third-order valence-electron chi connectivity index (χ3n) is 3.98. The molecule has 0 spiro atoms. The minimum Gasteiger partial charge on any atom is -0.461 e. The molecule has 3 aromatic rings. The highest BCUT2D eigenvalue weighted by molar-refractivity contribution is 6.39. The van der Waals surface area contributed by atoms with Gasteiger partial charge in [-0.2, -0.15) is 0 Å². The maximum absolute atomic E-state index is 12.3. The summed E-state index contributed by atoms with van der Waals surface area (Å²) < 4.78 is 5.09. The topological polar surface area (TPSA) is 99.9 Å². The zero-order chi connectivity index (χ0) is 20.1. The van der Waals surface area contributed by atoms with Crippen LogP contribution in [0.3, 0.4) is 0 Å². The van der Waals surface area contributed by atoms with E-state index in [1.165, 1.54) is 12.2 Å². The number of halogens is 2. The molecule has 0 aliphatic heterocycles. The van der Waals surface area contributed by atoms with Crippen LogP contribution in [0.2, 0.25) is 10.0 Å². The van der Waals surface area contributed by atoms with Gasteiger partial charge in [-0.3, -0.25) is 4.79 Å². The van der Waals surface area contributed by atoms with Crippen molar-refractivity contribution >= 4 is 52.1 Å². The Bertz CT molecular complexity index is 1030. The van der Waals surface area contributed by atoms with Crippen LogP contribution in [0.25, 0.3) is 17.0 Å². The summed E-state index contributed by atoms with van der Waals surface area (Å²) in [6.45, 7) is 2.38. The Balaban J connectivity index is 1.83. The minimum atomic E-state index is -0.537. The molecule has 3 rings (SSSR count). The van der Waals surface area contributed by atoms with E-state index in [9.17, 15) is 9.59 Å². The van der Waals surface area contributed by atoms with E-state index >= 15 is 0 Å². The van der Waals surface area contributed by atoms with Crippen LogP contribution in [0.5, 0.6) is 0 Å². The summed E-state index contributed by atoms with van der Waals surface area (Å²) in [7, 11) is 0. The highest BCUT2D eigenvalue weighted by Gasteiger charge is 2.19. The number of nitrogens with zero attached hydrogens (tertiary/aromatic N) is 1. The Hall–Kier alpha value is -2.77. The van der Waals surface area contributed by atoms with Crippen LogP contribution < -0.4 is 5.32 Å². The molecule has 1 amide bonds. The van der Waals surface area contributed by atoms with Crippen molar-refractivity contribution in [3.05, 3.63) is 57.7 Å². The molecule has 0 atom stereocenters. The molecule has 0 aliphatic rings. The smallest absolute Gasteiger partial charge is 0.355 e. The van der Waals surface area contributed by atoms with Crippen LogP contribution in [0.4, 0.5) is 0 Å². The van der Waals surface area contributed by atoms with Gasteiger partial charge in [0.15, 0.2) is 0 Å². The van der Waals surface area contributed by atoms with Crippen molar-refractivity contribution in [3.8, 4) is 0 Å². The summed E-state index contributed by atoms with van der Waals surface area (Å²) in [5.74, 6) is -0.834. The van der Waals surface area contributed by atoms with Gasteiger partial charge in [0, 0.05) is 52.4 Å². The molecule has 0 radical (unpaired) electrons. The van der Waals surface area contributed by atoms with Gasteiger partial charge in [0.2, 0.25) is 5.91 Å². The van der Waals surface area contributed by atoms with Crippen LogP contribution in [0.1, 0.15) is 28.7 Å². The molecule has 0 bridgehead atoms. The van der Waals surface area contributed by atoms with E-state index in [-0.39, 0.29) is 18.2 Å². The summed E-state index contributed by atoms with van der Waals surface area (Å²) in [6, 6.07) is 3.24. The number of hydrogen-bond donors (Lipinski definition) is 3. The lowest BCUT2D eigenvalue weighted by Gasteiger charge is -2.03. The predicted octanol–water partition coefficient (Wildman–Crippen LogP) is 3.75. The van der Waals surface area contributed by atoms with Crippen LogP contribution in [0.15, 0.2) is 30.7 Å². The first-order valence-electron chi connectivity index (χ1n) is 8.60. The molecule has 146 valence electrons. The first-order chi connectivity index (χ1) is 13.5. The quantitative estimate of drug-likeness (QED) is 0.400.